The summed E-state index contributed by atoms with van der Waals surface area (Å²) < 4.78 is 5.74. The molecule has 1 rings (SSSR count). The van der Waals surface area contributed by atoms with E-state index in [0.717, 1.165) is 45.4 Å². The van der Waals surface area contributed by atoms with Crippen molar-refractivity contribution >= 4 is 41.7 Å². The van der Waals surface area contributed by atoms with Crippen LogP contribution in [0.2, 0.25) is 0 Å². The van der Waals surface area contributed by atoms with E-state index in [1.165, 1.54) is 12.8 Å². The third kappa shape index (κ3) is 9.15. The van der Waals surface area contributed by atoms with Crippen LogP contribution < -0.4 is 10.6 Å². The molecule has 0 aliphatic carbocycles. The summed E-state index contributed by atoms with van der Waals surface area (Å²) in [7, 11) is 1.85. The van der Waals surface area contributed by atoms with E-state index in [-0.39, 0.29) is 28.7 Å². The number of ether oxygens (including phenoxy) is 1. The van der Waals surface area contributed by atoms with Crippen LogP contribution in [0, 0.1) is 5.92 Å². The molecule has 5 nitrogen and oxygen atoms in total. The smallest absolute Gasteiger partial charge is 0.191 e. The number of hydrogen-bond acceptors (Lipinski definition) is 4. The maximum absolute atomic E-state index is 5.53. The Labute approximate surface area is 176 Å². The summed E-state index contributed by atoms with van der Waals surface area (Å²) in [5, 5.41) is 7.03. The number of nitrogens with zero attached hydrogens (tertiary/aromatic N) is 2. The molecule has 0 bridgehead atoms. The summed E-state index contributed by atoms with van der Waals surface area (Å²) in [6, 6.07) is 0.538. The molecule has 0 radical (unpaired) electrons. The van der Waals surface area contributed by atoms with Crippen LogP contribution >= 0.6 is 35.7 Å². The molecule has 2 N–H and O–H groups in total. The zero-order valence-electron chi connectivity index (χ0n) is 16.9. The van der Waals surface area contributed by atoms with Gasteiger partial charge in [-0.25, -0.2) is 0 Å². The van der Waals surface area contributed by atoms with Gasteiger partial charge >= 0.3 is 0 Å². The van der Waals surface area contributed by atoms with E-state index in [4.69, 9.17) is 4.74 Å². The Bertz CT molecular complexity index is 372. The lowest BCUT2D eigenvalue weighted by molar-refractivity contribution is 0.00272. The van der Waals surface area contributed by atoms with Crippen molar-refractivity contribution in [1.29, 1.82) is 0 Å². The number of thioether (sulfide) groups is 1. The summed E-state index contributed by atoms with van der Waals surface area (Å²) in [5.41, 5.74) is 0. The Morgan fingerprint density at radius 2 is 1.80 bits per heavy atom. The van der Waals surface area contributed by atoms with Crippen molar-refractivity contribution in [2.75, 3.05) is 52.7 Å². The zero-order chi connectivity index (χ0) is 18.0. The van der Waals surface area contributed by atoms with E-state index in [1.807, 2.05) is 18.8 Å². The molecule has 1 fully saturated rings. The molecule has 25 heavy (non-hydrogen) atoms. The van der Waals surface area contributed by atoms with Gasteiger partial charge in [0.1, 0.15) is 0 Å². The van der Waals surface area contributed by atoms with Gasteiger partial charge in [-0.1, -0.05) is 26.7 Å². The topological polar surface area (TPSA) is 48.9 Å². The Hall–Kier alpha value is 0.270. The molecule has 7 heteroatoms. The fraction of sp³-hybridized carbons (Fsp3) is 0.944. The van der Waals surface area contributed by atoms with E-state index in [1.54, 1.807) is 0 Å². The Balaban J connectivity index is 0.00000576. The van der Waals surface area contributed by atoms with Crippen molar-refractivity contribution in [3.8, 4) is 0 Å². The van der Waals surface area contributed by atoms with Crippen molar-refractivity contribution in [2.24, 2.45) is 10.9 Å². The summed E-state index contributed by atoms with van der Waals surface area (Å²) in [4.78, 5) is 6.99. The molecular formula is C18H39IN4OS. The fourth-order valence-corrected chi connectivity index (χ4v) is 3.34. The van der Waals surface area contributed by atoms with Gasteiger partial charge in [0.2, 0.25) is 0 Å². The van der Waals surface area contributed by atoms with Gasteiger partial charge in [0.25, 0.3) is 0 Å². The van der Waals surface area contributed by atoms with Crippen LogP contribution in [0.3, 0.4) is 0 Å². The highest BCUT2D eigenvalue weighted by Crippen LogP contribution is 2.20. The van der Waals surface area contributed by atoms with Gasteiger partial charge in [-0.3, -0.25) is 9.89 Å². The molecule has 0 aromatic rings. The normalized spacial score (nSPS) is 18.0. The first kappa shape index (κ1) is 25.3. The second-order valence-electron chi connectivity index (χ2n) is 7.06. The monoisotopic (exact) mass is 486 g/mol. The van der Waals surface area contributed by atoms with Gasteiger partial charge in [-0.05, 0) is 26.0 Å². The molecule has 0 aromatic carbocycles. The van der Waals surface area contributed by atoms with Crippen LogP contribution in [-0.4, -0.2) is 74.3 Å². The van der Waals surface area contributed by atoms with Crippen LogP contribution in [0.15, 0.2) is 4.99 Å². The van der Waals surface area contributed by atoms with Gasteiger partial charge in [0.15, 0.2) is 5.96 Å². The van der Waals surface area contributed by atoms with Crippen molar-refractivity contribution < 1.29 is 4.74 Å². The molecule has 0 saturated carbocycles. The number of aliphatic imine (C=N–C) groups is 1. The van der Waals surface area contributed by atoms with Crippen LogP contribution in [0.5, 0.6) is 0 Å². The van der Waals surface area contributed by atoms with Crippen molar-refractivity contribution in [3.63, 3.8) is 0 Å². The summed E-state index contributed by atoms with van der Waals surface area (Å²) in [5.74, 6) is 1.61. The van der Waals surface area contributed by atoms with Gasteiger partial charge in [-0.15, -0.1) is 24.0 Å². The van der Waals surface area contributed by atoms with Gasteiger partial charge in [0, 0.05) is 44.0 Å². The van der Waals surface area contributed by atoms with Gasteiger partial charge in [-0.2, -0.15) is 11.8 Å². The minimum atomic E-state index is 0. The van der Waals surface area contributed by atoms with Crippen LogP contribution in [0.1, 0.15) is 40.5 Å². The van der Waals surface area contributed by atoms with Crippen LogP contribution in [0.25, 0.3) is 0 Å². The third-order valence-electron chi connectivity index (χ3n) is 5.04. The maximum atomic E-state index is 5.53. The Morgan fingerprint density at radius 1 is 1.20 bits per heavy atom. The second kappa shape index (κ2) is 13.4. The number of nitrogens with one attached hydrogen (secondary N) is 2. The van der Waals surface area contributed by atoms with E-state index in [9.17, 15) is 0 Å². The fourth-order valence-electron chi connectivity index (χ4n) is 3.13. The lowest BCUT2D eigenvalue weighted by Crippen LogP contribution is -2.54. The highest BCUT2D eigenvalue weighted by molar-refractivity contribution is 14.0. The van der Waals surface area contributed by atoms with Gasteiger partial charge in [0.05, 0.1) is 13.2 Å². The van der Waals surface area contributed by atoms with Crippen molar-refractivity contribution in [2.45, 2.75) is 51.3 Å². The Kier molecular flexibility index (Phi) is 13.6. The molecular weight excluding hydrogens is 447 g/mol. The number of morpholine rings is 1. The summed E-state index contributed by atoms with van der Waals surface area (Å²) >= 11 is 1.87. The average Bonchev–Trinajstić information content (AvgIpc) is 2.61. The lowest BCUT2D eigenvalue weighted by atomic mass is 9.92. The first-order valence-electron chi connectivity index (χ1n) is 9.28. The molecule has 0 aromatic heterocycles. The quantitative estimate of drug-likeness (QED) is 0.298. The van der Waals surface area contributed by atoms with Crippen LogP contribution in [-0.2, 0) is 4.74 Å². The predicted molar refractivity (Wildman–Crippen MR) is 123 cm³/mol. The van der Waals surface area contributed by atoms with Gasteiger partial charge < -0.3 is 15.4 Å². The summed E-state index contributed by atoms with van der Waals surface area (Å²) in [6.45, 7) is 14.7. The molecule has 1 aliphatic heterocycles. The van der Waals surface area contributed by atoms with Crippen LogP contribution in [0.4, 0.5) is 0 Å². The van der Waals surface area contributed by atoms with E-state index < -0.39 is 0 Å². The minimum Gasteiger partial charge on any atom is -0.379 e. The van der Waals surface area contributed by atoms with Crippen molar-refractivity contribution in [3.05, 3.63) is 0 Å². The average molecular weight is 487 g/mol. The predicted octanol–water partition coefficient (Wildman–Crippen LogP) is 3.05. The maximum Gasteiger partial charge on any atom is 0.191 e. The lowest BCUT2D eigenvalue weighted by Gasteiger charge is -2.39. The first-order valence-corrected chi connectivity index (χ1v) is 10.5. The van der Waals surface area contributed by atoms with E-state index in [2.05, 4.69) is 54.5 Å². The third-order valence-corrected chi connectivity index (χ3v) is 6.29. The molecule has 1 saturated heterocycles. The van der Waals surface area contributed by atoms with E-state index in [0.29, 0.717) is 12.0 Å². The molecule has 0 amide bonds. The molecule has 1 atom stereocenters. The number of guanidine groups is 1. The highest BCUT2D eigenvalue weighted by Gasteiger charge is 2.27. The Morgan fingerprint density at radius 3 is 2.28 bits per heavy atom. The summed E-state index contributed by atoms with van der Waals surface area (Å²) in [6.07, 6.45) is 4.58. The highest BCUT2D eigenvalue weighted by atomic mass is 127. The molecule has 1 unspecified atom stereocenters. The standard InChI is InChI=1S/C18H38N4OS.HI/c1-7-15(8-2)16(22-9-11-23-12-10-22)13-20-17(19-5)21-14-18(3,4)24-6;/h15-16H,7-14H2,1-6H3,(H2,19,20,21);1H. The van der Waals surface area contributed by atoms with E-state index >= 15 is 0 Å². The number of halogens is 1. The SMILES string of the molecule is CCC(CC)C(CNC(=NC)NCC(C)(C)SC)N1CCOCC1.I. The molecule has 1 heterocycles. The molecule has 150 valence electrons. The molecule has 0 spiro atoms. The number of hydrogen-bond donors (Lipinski definition) is 2. The number of rotatable bonds is 9. The largest absolute Gasteiger partial charge is 0.379 e. The molecule has 1 aliphatic rings. The first-order chi connectivity index (χ1) is 11.5. The van der Waals surface area contributed by atoms with Crippen molar-refractivity contribution in [1.82, 2.24) is 15.5 Å². The second-order valence-corrected chi connectivity index (χ2v) is 8.58. The zero-order valence-corrected chi connectivity index (χ0v) is 20.1. The minimum absolute atomic E-state index is 0.